The van der Waals surface area contributed by atoms with Crippen molar-refractivity contribution in [3.63, 3.8) is 0 Å². The second kappa shape index (κ2) is 6.29. The van der Waals surface area contributed by atoms with Gasteiger partial charge in [0.2, 0.25) is 0 Å². The molecule has 0 saturated carbocycles. The Morgan fingerprint density at radius 2 is 1.86 bits per heavy atom. The number of hydrogen-bond donors (Lipinski definition) is 0. The Hall–Kier alpha value is -1.18. The molecule has 0 spiro atoms. The predicted octanol–water partition coefficient (Wildman–Crippen LogP) is 6.13. The van der Waals surface area contributed by atoms with Crippen molar-refractivity contribution in [2.24, 2.45) is 5.92 Å². The summed E-state index contributed by atoms with van der Waals surface area (Å²) in [6.45, 7) is 13.6. The highest BCUT2D eigenvalue weighted by molar-refractivity contribution is 6.35. The highest BCUT2D eigenvalue weighted by atomic mass is 35.5. The molecule has 2 rings (SSSR count). The average molecular weight is 322 g/mol. The lowest BCUT2D eigenvalue weighted by Gasteiger charge is -2.13. The summed E-state index contributed by atoms with van der Waals surface area (Å²) >= 11 is 12.2. The Kier molecular flexibility index (Phi) is 4.85. The van der Waals surface area contributed by atoms with Crippen LogP contribution in [0.4, 0.5) is 0 Å². The van der Waals surface area contributed by atoms with Crippen LogP contribution in [-0.2, 0) is 6.54 Å². The molecule has 0 aliphatic rings. The Morgan fingerprint density at radius 1 is 1.19 bits per heavy atom. The average Bonchev–Trinajstić information content (AvgIpc) is 2.68. The molecule has 1 nitrogen and oxygen atoms in total. The highest BCUT2D eigenvalue weighted by Gasteiger charge is 2.14. The van der Waals surface area contributed by atoms with E-state index in [4.69, 9.17) is 23.2 Å². The van der Waals surface area contributed by atoms with E-state index in [1.165, 1.54) is 22.5 Å². The molecule has 0 fully saturated rings. The first-order valence-corrected chi connectivity index (χ1v) is 7.86. The molecule has 0 N–H and O–H groups in total. The van der Waals surface area contributed by atoms with Crippen molar-refractivity contribution in [3.8, 4) is 0 Å². The molecule has 2 aromatic rings. The Balaban J connectivity index is 2.39. The van der Waals surface area contributed by atoms with E-state index >= 15 is 0 Å². The molecule has 0 saturated heterocycles. The van der Waals surface area contributed by atoms with Crippen LogP contribution in [0.25, 0.3) is 5.57 Å². The fraction of sp³-hybridized carbons (Fsp3) is 0.333. The minimum Gasteiger partial charge on any atom is -0.344 e. The number of nitrogens with zero attached hydrogens (tertiary/aromatic N) is 1. The summed E-state index contributed by atoms with van der Waals surface area (Å²) < 4.78 is 2.28. The Labute approximate surface area is 137 Å². The highest BCUT2D eigenvalue weighted by Crippen LogP contribution is 2.29. The van der Waals surface area contributed by atoms with Crippen LogP contribution in [0.5, 0.6) is 0 Å². The largest absolute Gasteiger partial charge is 0.344 e. The second-order valence-corrected chi connectivity index (χ2v) is 6.63. The summed E-state index contributed by atoms with van der Waals surface area (Å²) in [7, 11) is 0. The van der Waals surface area contributed by atoms with E-state index in [1.807, 2.05) is 12.1 Å². The molecule has 21 heavy (non-hydrogen) atoms. The molecule has 112 valence electrons. The summed E-state index contributed by atoms with van der Waals surface area (Å²) in [4.78, 5) is 0. The van der Waals surface area contributed by atoms with E-state index in [-0.39, 0.29) is 0 Å². The normalized spacial score (nSPS) is 11.2. The van der Waals surface area contributed by atoms with E-state index in [0.29, 0.717) is 16.0 Å². The summed E-state index contributed by atoms with van der Waals surface area (Å²) in [5.74, 6) is 0.443. The minimum atomic E-state index is 0.443. The standard InChI is InChI=1S/C18H21Cl2N/c1-11(2)13(4)17-8-12(3)21(14(17)5)10-15-6-7-16(19)9-18(15)20/h6-9,11H,4,10H2,1-3,5H3. The molecular weight excluding hydrogens is 301 g/mol. The summed E-state index contributed by atoms with van der Waals surface area (Å²) in [5.41, 5.74) is 5.95. The van der Waals surface area contributed by atoms with Crippen molar-refractivity contribution in [3.05, 3.63) is 63.4 Å². The van der Waals surface area contributed by atoms with Gasteiger partial charge in [0, 0.05) is 28.0 Å². The van der Waals surface area contributed by atoms with Crippen LogP contribution in [-0.4, -0.2) is 4.57 Å². The van der Waals surface area contributed by atoms with Crippen LogP contribution in [0, 0.1) is 19.8 Å². The number of hydrogen-bond acceptors (Lipinski definition) is 0. The van der Waals surface area contributed by atoms with Gasteiger partial charge >= 0.3 is 0 Å². The molecule has 0 aliphatic carbocycles. The minimum absolute atomic E-state index is 0.443. The van der Waals surface area contributed by atoms with Crippen molar-refractivity contribution >= 4 is 28.8 Å². The third-order valence-corrected chi connectivity index (χ3v) is 4.55. The number of benzene rings is 1. The molecule has 0 bridgehead atoms. The fourth-order valence-electron chi connectivity index (χ4n) is 2.50. The number of halogens is 2. The first kappa shape index (κ1) is 16.2. The summed E-state index contributed by atoms with van der Waals surface area (Å²) in [5, 5.41) is 1.37. The maximum Gasteiger partial charge on any atom is 0.0490 e. The summed E-state index contributed by atoms with van der Waals surface area (Å²) in [6, 6.07) is 7.87. The molecule has 0 radical (unpaired) electrons. The van der Waals surface area contributed by atoms with Gasteiger partial charge in [0.1, 0.15) is 0 Å². The van der Waals surface area contributed by atoms with Gasteiger partial charge in [0.15, 0.2) is 0 Å². The number of aromatic nitrogens is 1. The first-order chi connectivity index (χ1) is 9.81. The van der Waals surface area contributed by atoms with Crippen molar-refractivity contribution in [1.82, 2.24) is 4.57 Å². The SMILES string of the molecule is C=C(c1cc(C)n(Cc2ccc(Cl)cc2Cl)c1C)C(C)C. The molecule has 1 aromatic carbocycles. The van der Waals surface area contributed by atoms with E-state index in [1.54, 1.807) is 6.07 Å². The van der Waals surface area contributed by atoms with E-state index in [2.05, 4.69) is 44.9 Å². The van der Waals surface area contributed by atoms with Gasteiger partial charge in [-0.15, -0.1) is 0 Å². The molecule has 0 amide bonds. The van der Waals surface area contributed by atoms with Crippen LogP contribution in [0.2, 0.25) is 10.0 Å². The van der Waals surface area contributed by atoms with Gasteiger partial charge in [-0.2, -0.15) is 0 Å². The van der Waals surface area contributed by atoms with Crippen LogP contribution in [0.3, 0.4) is 0 Å². The molecule has 0 atom stereocenters. The lowest BCUT2D eigenvalue weighted by Crippen LogP contribution is -2.05. The quantitative estimate of drug-likeness (QED) is 0.638. The smallest absolute Gasteiger partial charge is 0.0490 e. The van der Waals surface area contributed by atoms with Crippen LogP contribution in [0.15, 0.2) is 30.8 Å². The van der Waals surface area contributed by atoms with E-state index in [9.17, 15) is 0 Å². The zero-order valence-corrected chi connectivity index (χ0v) is 14.5. The summed E-state index contributed by atoms with van der Waals surface area (Å²) in [6.07, 6.45) is 0. The molecular formula is C18H21Cl2N. The lowest BCUT2D eigenvalue weighted by atomic mass is 9.97. The van der Waals surface area contributed by atoms with Gasteiger partial charge in [-0.25, -0.2) is 0 Å². The van der Waals surface area contributed by atoms with Crippen molar-refractivity contribution < 1.29 is 0 Å². The van der Waals surface area contributed by atoms with Crippen LogP contribution in [0.1, 0.15) is 36.4 Å². The zero-order chi connectivity index (χ0) is 15.7. The van der Waals surface area contributed by atoms with E-state index in [0.717, 1.165) is 12.1 Å². The van der Waals surface area contributed by atoms with Crippen molar-refractivity contribution in [2.45, 2.75) is 34.2 Å². The van der Waals surface area contributed by atoms with Gasteiger partial charge in [-0.1, -0.05) is 49.7 Å². The molecule has 0 unspecified atom stereocenters. The second-order valence-electron chi connectivity index (χ2n) is 5.79. The van der Waals surface area contributed by atoms with Gasteiger partial charge in [0.05, 0.1) is 0 Å². The van der Waals surface area contributed by atoms with Crippen molar-refractivity contribution in [1.29, 1.82) is 0 Å². The van der Waals surface area contributed by atoms with Crippen molar-refractivity contribution in [2.75, 3.05) is 0 Å². The van der Waals surface area contributed by atoms with Gasteiger partial charge in [-0.3, -0.25) is 0 Å². The topological polar surface area (TPSA) is 4.93 Å². The van der Waals surface area contributed by atoms with E-state index < -0.39 is 0 Å². The maximum atomic E-state index is 6.29. The Bertz CT molecular complexity index is 681. The van der Waals surface area contributed by atoms with Gasteiger partial charge in [-0.05, 0) is 54.7 Å². The molecule has 1 aromatic heterocycles. The molecule has 0 aliphatic heterocycles. The lowest BCUT2D eigenvalue weighted by molar-refractivity contribution is 0.747. The van der Waals surface area contributed by atoms with Gasteiger partial charge in [0.25, 0.3) is 0 Å². The number of aryl methyl sites for hydroxylation is 1. The zero-order valence-electron chi connectivity index (χ0n) is 13.0. The fourth-order valence-corrected chi connectivity index (χ4v) is 2.97. The predicted molar refractivity (Wildman–Crippen MR) is 93.3 cm³/mol. The van der Waals surface area contributed by atoms with Crippen LogP contribution < -0.4 is 0 Å². The molecule has 3 heteroatoms. The third kappa shape index (κ3) is 3.36. The monoisotopic (exact) mass is 321 g/mol. The van der Waals surface area contributed by atoms with Crippen LogP contribution >= 0.6 is 23.2 Å². The number of allylic oxidation sites excluding steroid dienone is 1. The third-order valence-electron chi connectivity index (χ3n) is 3.96. The maximum absolute atomic E-state index is 6.29. The Morgan fingerprint density at radius 3 is 2.43 bits per heavy atom. The number of rotatable bonds is 4. The first-order valence-electron chi connectivity index (χ1n) is 7.11. The molecule has 1 heterocycles. The van der Waals surface area contributed by atoms with Gasteiger partial charge < -0.3 is 4.57 Å².